The van der Waals surface area contributed by atoms with Crippen molar-refractivity contribution >= 4 is 74.5 Å². The van der Waals surface area contributed by atoms with Crippen LogP contribution in [-0.4, -0.2) is 61.1 Å². The predicted molar refractivity (Wildman–Crippen MR) is 159 cm³/mol. The number of hydrogen-bond donors (Lipinski definition) is 2. The molecule has 9 nitrogen and oxygen atoms in total. The number of rotatable bonds is 8. The van der Waals surface area contributed by atoms with Gasteiger partial charge in [-0.25, -0.2) is 4.98 Å². The molecule has 1 amide bonds. The third-order valence-electron chi connectivity index (χ3n) is 5.51. The summed E-state index contributed by atoms with van der Waals surface area (Å²) in [6, 6.07) is 12.9. The van der Waals surface area contributed by atoms with Gasteiger partial charge in [-0.3, -0.25) is 4.79 Å². The highest BCUT2D eigenvalue weighted by atomic mass is 79.9. The molecule has 0 saturated carbocycles. The Bertz CT molecular complexity index is 1220. The lowest BCUT2D eigenvalue weighted by molar-refractivity contribution is -0.111. The van der Waals surface area contributed by atoms with Crippen LogP contribution in [0.25, 0.3) is 0 Å². The van der Waals surface area contributed by atoms with E-state index >= 15 is 0 Å². The van der Waals surface area contributed by atoms with Gasteiger partial charge in [0, 0.05) is 49.7 Å². The Morgan fingerprint density at radius 1 is 1.14 bits per heavy atom. The maximum Gasteiger partial charge on any atom is 0.247 e. The van der Waals surface area contributed by atoms with Crippen LogP contribution < -0.4 is 25.0 Å². The summed E-state index contributed by atoms with van der Waals surface area (Å²) >= 11 is 6.28. The first kappa shape index (κ1) is 30.4. The van der Waals surface area contributed by atoms with Gasteiger partial charge in [-0.1, -0.05) is 24.2 Å². The first-order chi connectivity index (χ1) is 16.9. The Labute approximate surface area is 242 Å². The summed E-state index contributed by atoms with van der Waals surface area (Å²) in [7, 11) is 3.76. The quantitative estimate of drug-likeness (QED) is 0.298. The van der Waals surface area contributed by atoms with E-state index in [4.69, 9.17) is 21.1 Å². The van der Waals surface area contributed by atoms with E-state index in [9.17, 15) is 4.79 Å². The summed E-state index contributed by atoms with van der Waals surface area (Å²) in [6.45, 7) is 7.42. The van der Waals surface area contributed by atoms with E-state index in [1.165, 1.54) is 12.3 Å². The highest BCUT2D eigenvalue weighted by molar-refractivity contribution is 8.93. The molecule has 4 rings (SSSR count). The molecule has 0 spiro atoms. The van der Waals surface area contributed by atoms with E-state index in [1.54, 1.807) is 31.4 Å². The number of halogens is 3. The van der Waals surface area contributed by atoms with Gasteiger partial charge in [0.2, 0.25) is 17.7 Å². The van der Waals surface area contributed by atoms with Crippen LogP contribution in [0, 0.1) is 0 Å². The molecule has 3 aromatic rings. The smallest absolute Gasteiger partial charge is 0.247 e. The van der Waals surface area contributed by atoms with Gasteiger partial charge in [0.25, 0.3) is 0 Å². The maximum absolute atomic E-state index is 11.6. The zero-order valence-corrected chi connectivity index (χ0v) is 24.6. The summed E-state index contributed by atoms with van der Waals surface area (Å²) in [5.74, 6) is 1.28. The van der Waals surface area contributed by atoms with Crippen molar-refractivity contribution in [1.82, 2.24) is 14.9 Å². The fourth-order valence-corrected chi connectivity index (χ4v) is 3.72. The number of amides is 1. The van der Waals surface area contributed by atoms with Gasteiger partial charge >= 0.3 is 0 Å². The molecule has 2 aromatic carbocycles. The zero-order valence-electron chi connectivity index (χ0n) is 20.4. The first-order valence-corrected chi connectivity index (χ1v) is 11.5. The van der Waals surface area contributed by atoms with E-state index in [2.05, 4.69) is 44.0 Å². The number of nitrogens with zero attached hydrogens (tertiary/aromatic N) is 4. The van der Waals surface area contributed by atoms with E-state index in [1.807, 2.05) is 18.2 Å². The van der Waals surface area contributed by atoms with Crippen molar-refractivity contribution in [3.05, 3.63) is 66.3 Å². The Hall–Kier alpha value is -2.86. The summed E-state index contributed by atoms with van der Waals surface area (Å²) < 4.78 is 11.5. The highest BCUT2D eigenvalue weighted by Gasteiger charge is 2.17. The van der Waals surface area contributed by atoms with Crippen molar-refractivity contribution in [1.29, 1.82) is 0 Å². The topological polar surface area (TPSA) is 91.8 Å². The number of benzene rings is 2. The summed E-state index contributed by atoms with van der Waals surface area (Å²) in [6.07, 6.45) is 2.65. The Balaban J connectivity index is 0.00000241. The van der Waals surface area contributed by atoms with Crippen LogP contribution in [-0.2, 0) is 4.79 Å². The molecule has 1 saturated heterocycles. The van der Waals surface area contributed by atoms with E-state index in [0.29, 0.717) is 28.8 Å². The molecule has 198 valence electrons. The van der Waals surface area contributed by atoms with Crippen LogP contribution in [0.1, 0.15) is 0 Å². The molecular formula is C25H29Br2ClN6O3. The second-order valence-electron chi connectivity index (χ2n) is 7.97. The minimum atomic E-state index is -0.318. The Morgan fingerprint density at radius 2 is 1.89 bits per heavy atom. The predicted octanol–water partition coefficient (Wildman–Crippen LogP) is 5.71. The number of likely N-dealkylation sites (N-methyl/N-ethyl adjacent to an activating group) is 1. The molecular weight excluding hydrogens is 628 g/mol. The van der Waals surface area contributed by atoms with E-state index in [0.717, 1.165) is 31.9 Å². The highest BCUT2D eigenvalue weighted by Crippen LogP contribution is 2.34. The molecule has 1 aliphatic rings. The third-order valence-corrected chi connectivity index (χ3v) is 5.77. The van der Waals surface area contributed by atoms with Gasteiger partial charge < -0.3 is 29.9 Å². The van der Waals surface area contributed by atoms with E-state index < -0.39 is 0 Å². The molecule has 1 fully saturated rings. The summed E-state index contributed by atoms with van der Waals surface area (Å²) in [5, 5.41) is 6.11. The van der Waals surface area contributed by atoms with Crippen molar-refractivity contribution < 1.29 is 14.3 Å². The normalized spacial score (nSPS) is 13.0. The molecule has 2 N–H and O–H groups in total. The minimum absolute atomic E-state index is 0. The van der Waals surface area contributed by atoms with Crippen LogP contribution in [0.4, 0.5) is 23.0 Å². The van der Waals surface area contributed by atoms with Gasteiger partial charge in [0.1, 0.15) is 16.5 Å². The number of nitrogens with one attached hydrogen (secondary N) is 2. The fraction of sp³-hybridized carbons (Fsp3) is 0.240. The Morgan fingerprint density at radius 3 is 2.59 bits per heavy atom. The summed E-state index contributed by atoms with van der Waals surface area (Å²) in [5.41, 5.74) is 2.37. The zero-order chi connectivity index (χ0) is 24.8. The van der Waals surface area contributed by atoms with Gasteiger partial charge in [0.05, 0.1) is 19.0 Å². The molecule has 37 heavy (non-hydrogen) atoms. The van der Waals surface area contributed by atoms with Crippen LogP contribution in [0.3, 0.4) is 0 Å². The molecule has 1 aliphatic heterocycles. The second kappa shape index (κ2) is 14.2. The SMILES string of the molecule is Br.Br.C=CC(=O)Nc1cccc(Oc2nc(Nc3ccc(N4CCN(C)CC4)cc3OC)ncc2Cl)c1. The first-order valence-electron chi connectivity index (χ1n) is 11.1. The fourth-order valence-electron chi connectivity index (χ4n) is 3.59. The number of methoxy groups -OCH3 is 1. The lowest BCUT2D eigenvalue weighted by Crippen LogP contribution is -2.44. The molecule has 1 aromatic heterocycles. The maximum atomic E-state index is 11.6. The number of carbonyl (C=O) groups excluding carboxylic acids is 1. The van der Waals surface area contributed by atoms with Crippen molar-refractivity contribution in [2.24, 2.45) is 0 Å². The minimum Gasteiger partial charge on any atom is -0.494 e. The monoisotopic (exact) mass is 654 g/mol. The van der Waals surface area contributed by atoms with E-state index in [-0.39, 0.29) is 50.8 Å². The van der Waals surface area contributed by atoms with Crippen LogP contribution in [0.5, 0.6) is 17.4 Å². The number of ether oxygens (including phenoxy) is 2. The average Bonchev–Trinajstić information content (AvgIpc) is 2.87. The van der Waals surface area contributed by atoms with Crippen LogP contribution >= 0.6 is 45.6 Å². The lowest BCUT2D eigenvalue weighted by atomic mass is 10.2. The number of aromatic nitrogens is 2. The van der Waals surface area contributed by atoms with Crippen LogP contribution in [0.15, 0.2) is 61.3 Å². The van der Waals surface area contributed by atoms with Crippen molar-refractivity contribution in [2.45, 2.75) is 0 Å². The van der Waals surface area contributed by atoms with Gasteiger partial charge in [-0.15, -0.1) is 34.0 Å². The third kappa shape index (κ3) is 8.06. The van der Waals surface area contributed by atoms with Gasteiger partial charge in [0.15, 0.2) is 0 Å². The lowest BCUT2D eigenvalue weighted by Gasteiger charge is -2.34. The second-order valence-corrected chi connectivity index (χ2v) is 8.38. The number of anilines is 4. The van der Waals surface area contributed by atoms with Crippen molar-refractivity contribution in [3.8, 4) is 17.4 Å². The summed E-state index contributed by atoms with van der Waals surface area (Å²) in [4.78, 5) is 24.9. The standard InChI is InChI=1S/C25H27ClN6O3.2BrH/c1-4-23(33)28-17-6-5-7-19(14-17)35-24-20(26)16-27-25(30-24)29-21-9-8-18(15-22(21)34-3)32-12-10-31(2)11-13-32;;/h4-9,14-16H,1,10-13H2,2-3H3,(H,28,33)(H,27,29,30);2*1H. The van der Waals surface area contributed by atoms with Crippen molar-refractivity contribution in [3.63, 3.8) is 0 Å². The molecule has 0 radical (unpaired) electrons. The molecule has 0 bridgehead atoms. The van der Waals surface area contributed by atoms with Gasteiger partial charge in [-0.2, -0.15) is 4.98 Å². The molecule has 0 aliphatic carbocycles. The molecule has 12 heteroatoms. The van der Waals surface area contributed by atoms with Crippen molar-refractivity contribution in [2.75, 3.05) is 55.9 Å². The largest absolute Gasteiger partial charge is 0.494 e. The average molecular weight is 657 g/mol. The van der Waals surface area contributed by atoms with Crippen LogP contribution in [0.2, 0.25) is 5.02 Å². The molecule has 0 unspecified atom stereocenters. The molecule has 0 atom stereocenters. The van der Waals surface area contributed by atoms with Gasteiger partial charge in [-0.05, 0) is 37.4 Å². The number of piperazine rings is 1. The number of hydrogen-bond acceptors (Lipinski definition) is 8. The molecule has 2 heterocycles. The Kier molecular flexibility index (Phi) is 11.6. The number of carbonyl (C=O) groups is 1.